The van der Waals surface area contributed by atoms with Gasteiger partial charge in [0.1, 0.15) is 17.6 Å². The number of halogens is 1. The van der Waals surface area contributed by atoms with Gasteiger partial charge < -0.3 is 11.1 Å². The van der Waals surface area contributed by atoms with E-state index in [9.17, 15) is 14.0 Å². The van der Waals surface area contributed by atoms with Crippen molar-refractivity contribution in [1.82, 2.24) is 14.8 Å². The summed E-state index contributed by atoms with van der Waals surface area (Å²) in [4.78, 5) is 29.0. The van der Waals surface area contributed by atoms with Crippen LogP contribution in [-0.4, -0.2) is 38.3 Å². The van der Waals surface area contributed by atoms with Crippen LogP contribution in [0.2, 0.25) is 0 Å². The molecule has 3 N–H and O–H groups in total. The van der Waals surface area contributed by atoms with E-state index in [1.807, 2.05) is 13.8 Å². The average molecular weight is 409 g/mol. The second-order valence-corrected chi connectivity index (χ2v) is 7.26. The first-order valence-electron chi connectivity index (χ1n) is 9.39. The van der Waals surface area contributed by atoms with E-state index in [-0.39, 0.29) is 18.2 Å². The van der Waals surface area contributed by atoms with Crippen molar-refractivity contribution in [3.05, 3.63) is 48.5 Å². The lowest BCUT2D eigenvalue weighted by atomic mass is 10.1. The summed E-state index contributed by atoms with van der Waals surface area (Å²) >= 11 is 0. The summed E-state index contributed by atoms with van der Waals surface area (Å²) in [5, 5.41) is 13.4. The maximum Gasteiger partial charge on any atom is 0.272 e. The quantitative estimate of drug-likeness (QED) is 0.670. The molecule has 9 nitrogen and oxygen atoms in total. The van der Waals surface area contributed by atoms with Gasteiger partial charge in [0.15, 0.2) is 5.65 Å². The third-order valence-electron chi connectivity index (χ3n) is 4.77. The van der Waals surface area contributed by atoms with Gasteiger partial charge >= 0.3 is 0 Å². The Labute approximate surface area is 171 Å². The topological polar surface area (TPSA) is 119 Å². The summed E-state index contributed by atoms with van der Waals surface area (Å²) in [6, 6.07) is 6.54. The molecule has 0 aliphatic carbocycles. The molecule has 0 radical (unpaired) electrons. The van der Waals surface area contributed by atoms with E-state index in [1.54, 1.807) is 23.1 Å². The highest BCUT2D eigenvalue weighted by Crippen LogP contribution is 2.26. The van der Waals surface area contributed by atoms with Gasteiger partial charge in [-0.15, -0.1) is 0 Å². The Kier molecular flexibility index (Phi) is 4.90. The minimum absolute atomic E-state index is 0.0412. The lowest BCUT2D eigenvalue weighted by Crippen LogP contribution is -2.39. The van der Waals surface area contributed by atoms with E-state index >= 15 is 0 Å². The number of pyridine rings is 1. The molecule has 30 heavy (non-hydrogen) atoms. The Balaban J connectivity index is 1.56. The lowest BCUT2D eigenvalue weighted by molar-refractivity contribution is -0.119. The number of hydrogen-bond acceptors (Lipinski definition) is 6. The Morgan fingerprint density at radius 1 is 1.23 bits per heavy atom. The van der Waals surface area contributed by atoms with Gasteiger partial charge in [-0.25, -0.2) is 14.1 Å². The maximum atomic E-state index is 13.2. The Morgan fingerprint density at radius 3 is 2.63 bits per heavy atom. The number of anilines is 2. The SMILES string of the molecule is CC(C)n1ncc2cc(NC(=O)C3=NN(c4ccc(F)cc4)[C@H](C(N)=O)C3)cnc21. The largest absolute Gasteiger partial charge is 0.368 e. The number of amides is 2. The molecule has 0 bridgehead atoms. The third-order valence-corrected chi connectivity index (χ3v) is 4.77. The first-order chi connectivity index (χ1) is 14.3. The van der Waals surface area contributed by atoms with Crippen molar-refractivity contribution in [2.45, 2.75) is 32.4 Å². The van der Waals surface area contributed by atoms with Crippen LogP contribution < -0.4 is 16.1 Å². The summed E-state index contributed by atoms with van der Waals surface area (Å²) in [5.74, 6) is -1.52. The Bertz CT molecular complexity index is 1150. The van der Waals surface area contributed by atoms with E-state index in [0.717, 1.165) is 11.0 Å². The van der Waals surface area contributed by atoms with Gasteiger partial charge in [0.2, 0.25) is 5.91 Å². The molecule has 1 aliphatic rings. The summed E-state index contributed by atoms with van der Waals surface area (Å²) in [6.45, 7) is 4.01. The molecule has 0 saturated carbocycles. The van der Waals surface area contributed by atoms with Gasteiger partial charge in [-0.05, 0) is 44.2 Å². The lowest BCUT2D eigenvalue weighted by Gasteiger charge is -2.20. The number of nitrogens with zero attached hydrogens (tertiary/aromatic N) is 5. The van der Waals surface area contributed by atoms with Crippen LogP contribution in [0.1, 0.15) is 26.3 Å². The molecule has 3 heterocycles. The van der Waals surface area contributed by atoms with Gasteiger partial charge in [0.05, 0.1) is 23.8 Å². The number of hydrazone groups is 1. The van der Waals surface area contributed by atoms with E-state index in [0.29, 0.717) is 11.4 Å². The zero-order chi connectivity index (χ0) is 21.4. The van der Waals surface area contributed by atoms with E-state index in [4.69, 9.17) is 5.73 Å². The highest BCUT2D eigenvalue weighted by molar-refractivity contribution is 6.44. The fraction of sp³-hybridized carbons (Fsp3) is 0.250. The first-order valence-corrected chi connectivity index (χ1v) is 9.39. The first kappa shape index (κ1) is 19.5. The van der Waals surface area contributed by atoms with Crippen molar-refractivity contribution < 1.29 is 14.0 Å². The van der Waals surface area contributed by atoms with Crippen LogP contribution >= 0.6 is 0 Å². The molecular weight excluding hydrogens is 389 g/mol. The molecule has 1 aromatic carbocycles. The fourth-order valence-corrected chi connectivity index (χ4v) is 3.29. The number of rotatable bonds is 5. The summed E-state index contributed by atoms with van der Waals surface area (Å²) in [5.41, 5.74) is 7.29. The third kappa shape index (κ3) is 3.59. The van der Waals surface area contributed by atoms with Gasteiger partial charge in [0, 0.05) is 17.8 Å². The molecule has 2 aromatic heterocycles. The normalized spacial score (nSPS) is 16.2. The second kappa shape index (κ2) is 7.54. The maximum absolute atomic E-state index is 13.2. The van der Waals surface area contributed by atoms with Crippen LogP contribution in [0.15, 0.2) is 47.8 Å². The van der Waals surface area contributed by atoms with Crippen molar-refractivity contribution in [1.29, 1.82) is 0 Å². The molecule has 0 saturated heterocycles. The molecule has 3 aromatic rings. The zero-order valence-corrected chi connectivity index (χ0v) is 16.4. The number of benzene rings is 1. The van der Waals surface area contributed by atoms with Crippen LogP contribution in [0.5, 0.6) is 0 Å². The number of aromatic nitrogens is 3. The predicted octanol–water partition coefficient (Wildman–Crippen LogP) is 2.21. The number of carbonyl (C=O) groups excluding carboxylic acids is 2. The van der Waals surface area contributed by atoms with Gasteiger partial charge in [-0.2, -0.15) is 10.2 Å². The van der Waals surface area contributed by atoms with E-state index in [2.05, 4.69) is 20.5 Å². The van der Waals surface area contributed by atoms with E-state index in [1.165, 1.54) is 29.3 Å². The molecule has 0 fully saturated rings. The number of primary amides is 1. The Hall–Kier alpha value is -3.82. The highest BCUT2D eigenvalue weighted by Gasteiger charge is 2.35. The molecule has 1 atom stereocenters. The molecule has 1 aliphatic heterocycles. The number of hydrogen-bond donors (Lipinski definition) is 2. The minimum atomic E-state index is -0.832. The predicted molar refractivity (Wildman–Crippen MR) is 110 cm³/mol. The molecular formula is C20H20FN7O2. The van der Waals surface area contributed by atoms with Gasteiger partial charge in [-0.3, -0.25) is 14.6 Å². The number of carbonyl (C=O) groups is 2. The summed E-state index contributed by atoms with van der Waals surface area (Å²) in [7, 11) is 0. The molecule has 4 rings (SSSR count). The Morgan fingerprint density at radius 2 is 1.97 bits per heavy atom. The zero-order valence-electron chi connectivity index (χ0n) is 16.4. The highest BCUT2D eigenvalue weighted by atomic mass is 19.1. The van der Waals surface area contributed by atoms with Gasteiger partial charge in [0.25, 0.3) is 5.91 Å². The van der Waals surface area contributed by atoms with Crippen LogP contribution in [0.3, 0.4) is 0 Å². The van der Waals surface area contributed by atoms with Gasteiger partial charge in [-0.1, -0.05) is 0 Å². The monoisotopic (exact) mass is 409 g/mol. The molecule has 0 spiro atoms. The summed E-state index contributed by atoms with van der Waals surface area (Å²) < 4.78 is 15.0. The van der Waals surface area contributed by atoms with E-state index < -0.39 is 23.7 Å². The molecule has 154 valence electrons. The van der Waals surface area contributed by atoms with Crippen molar-refractivity contribution >= 4 is 39.9 Å². The summed E-state index contributed by atoms with van der Waals surface area (Å²) in [6.07, 6.45) is 3.27. The van der Waals surface area contributed by atoms with Crippen LogP contribution in [0.4, 0.5) is 15.8 Å². The average Bonchev–Trinajstić information content (AvgIpc) is 3.33. The van der Waals surface area contributed by atoms with Crippen LogP contribution in [0.25, 0.3) is 11.0 Å². The van der Waals surface area contributed by atoms with Crippen molar-refractivity contribution in [3.8, 4) is 0 Å². The van der Waals surface area contributed by atoms with Crippen molar-refractivity contribution in [3.63, 3.8) is 0 Å². The van der Waals surface area contributed by atoms with Crippen molar-refractivity contribution in [2.75, 3.05) is 10.3 Å². The number of fused-ring (bicyclic) bond motifs is 1. The fourth-order valence-electron chi connectivity index (χ4n) is 3.29. The molecule has 10 heteroatoms. The number of nitrogens with two attached hydrogens (primary N) is 1. The van der Waals surface area contributed by atoms with Crippen LogP contribution in [-0.2, 0) is 9.59 Å². The smallest absolute Gasteiger partial charge is 0.272 e. The standard InChI is InChI=1S/C20H20FN7O2/c1-11(2)27-19-12(9-24-27)7-14(10-23-19)25-20(30)16-8-17(18(22)29)28(26-16)15-5-3-13(21)4-6-15/h3-7,9-11,17H,8H2,1-2H3,(H2,22,29)(H,25,30)/t17-/m0/s1. The molecule has 0 unspecified atom stereocenters. The van der Waals surface area contributed by atoms with Crippen LogP contribution in [0, 0.1) is 5.82 Å². The number of nitrogens with one attached hydrogen (secondary N) is 1. The second-order valence-electron chi connectivity index (χ2n) is 7.26. The minimum Gasteiger partial charge on any atom is -0.368 e. The van der Waals surface area contributed by atoms with Crippen molar-refractivity contribution in [2.24, 2.45) is 10.8 Å². The molecule has 2 amide bonds.